The molecular formula is C11H21N2NaO3. The molecule has 0 aromatic heterocycles. The van der Waals surface area contributed by atoms with Gasteiger partial charge in [0.05, 0.1) is 0 Å². The van der Waals surface area contributed by atoms with Crippen LogP contribution in [0.4, 0.5) is 4.79 Å². The minimum absolute atomic E-state index is 0. The molecule has 5 nitrogen and oxygen atoms in total. The molecule has 0 aromatic rings. The Hall–Kier alpha value is -0.260. The molecule has 0 rings (SSSR count). The number of carbonyl (C=O) groups excluding carboxylic acids is 2. The Balaban J connectivity index is 0. The maximum atomic E-state index is 11.2. The van der Waals surface area contributed by atoms with Crippen molar-refractivity contribution in [3.8, 4) is 0 Å². The first-order valence-electron chi connectivity index (χ1n) is 5.81. The number of rotatable bonds is 8. The minimum Gasteiger partial charge on any atom is -0.550 e. The first kappa shape index (κ1) is 19.1. The summed E-state index contributed by atoms with van der Waals surface area (Å²) in [7, 11) is 0. The molecule has 0 aliphatic carbocycles. The monoisotopic (exact) mass is 252 g/mol. The number of nitrogens with one attached hydrogen (secondary N) is 2. The summed E-state index contributed by atoms with van der Waals surface area (Å²) in [5.74, 6) is -0.658. The summed E-state index contributed by atoms with van der Waals surface area (Å²) in [4.78, 5) is 21.3. The molecule has 2 N–H and O–H groups in total. The third kappa shape index (κ3) is 12.0. The van der Waals surface area contributed by atoms with Crippen molar-refractivity contribution >= 4 is 12.0 Å². The maximum absolute atomic E-state index is 11.2. The van der Waals surface area contributed by atoms with Gasteiger partial charge >= 0.3 is 35.6 Å². The summed E-state index contributed by atoms with van der Waals surface area (Å²) in [5, 5.41) is 15.3. The maximum Gasteiger partial charge on any atom is 1.00 e. The third-order valence-electron chi connectivity index (χ3n) is 2.44. The van der Waals surface area contributed by atoms with Gasteiger partial charge in [0.25, 0.3) is 0 Å². The topological polar surface area (TPSA) is 81.3 Å². The number of hydrogen-bond donors (Lipinski definition) is 2. The quantitative estimate of drug-likeness (QED) is 0.460. The number of amides is 2. The van der Waals surface area contributed by atoms with E-state index in [1.165, 1.54) is 0 Å². The van der Waals surface area contributed by atoms with Crippen molar-refractivity contribution in [3.63, 3.8) is 0 Å². The van der Waals surface area contributed by atoms with Gasteiger partial charge in [-0.2, -0.15) is 0 Å². The summed E-state index contributed by atoms with van der Waals surface area (Å²) >= 11 is 0. The number of hydrogen-bond acceptors (Lipinski definition) is 3. The molecule has 0 fully saturated rings. The fourth-order valence-electron chi connectivity index (χ4n) is 1.44. The van der Waals surface area contributed by atoms with E-state index >= 15 is 0 Å². The Bertz CT molecular complexity index is 225. The molecule has 0 saturated carbocycles. The van der Waals surface area contributed by atoms with Crippen LogP contribution in [-0.4, -0.2) is 25.1 Å². The van der Waals surface area contributed by atoms with Gasteiger partial charge in [-0.15, -0.1) is 0 Å². The molecule has 0 spiro atoms. The zero-order valence-corrected chi connectivity index (χ0v) is 13.0. The Morgan fingerprint density at radius 2 is 1.88 bits per heavy atom. The molecular weight excluding hydrogens is 231 g/mol. The Morgan fingerprint density at radius 3 is 2.35 bits per heavy atom. The van der Waals surface area contributed by atoms with Gasteiger partial charge in [0, 0.05) is 25.5 Å². The SMILES string of the molecule is CCCC(CC)CNC(=O)NCCC(=O)[O-].[Na+]. The number of urea groups is 1. The van der Waals surface area contributed by atoms with Crippen molar-refractivity contribution in [1.82, 2.24) is 10.6 Å². The first-order chi connectivity index (χ1) is 7.60. The van der Waals surface area contributed by atoms with Crippen LogP contribution in [0.5, 0.6) is 0 Å². The fraction of sp³-hybridized carbons (Fsp3) is 0.818. The molecule has 1 atom stereocenters. The number of aliphatic carboxylic acids is 1. The van der Waals surface area contributed by atoms with Crippen molar-refractivity contribution in [3.05, 3.63) is 0 Å². The molecule has 1 unspecified atom stereocenters. The van der Waals surface area contributed by atoms with Gasteiger partial charge in [-0.1, -0.05) is 26.7 Å². The molecule has 17 heavy (non-hydrogen) atoms. The van der Waals surface area contributed by atoms with Crippen LogP contribution in [0.15, 0.2) is 0 Å². The Kier molecular flexibility index (Phi) is 13.7. The van der Waals surface area contributed by atoms with Crippen LogP contribution in [0.25, 0.3) is 0 Å². The fourth-order valence-corrected chi connectivity index (χ4v) is 1.44. The smallest absolute Gasteiger partial charge is 0.550 e. The molecule has 2 amide bonds. The normalized spacial score (nSPS) is 11.2. The van der Waals surface area contributed by atoms with Gasteiger partial charge < -0.3 is 20.5 Å². The van der Waals surface area contributed by atoms with Gasteiger partial charge in [-0.05, 0) is 12.3 Å². The minimum atomic E-state index is -1.15. The van der Waals surface area contributed by atoms with Crippen LogP contribution in [-0.2, 0) is 4.79 Å². The van der Waals surface area contributed by atoms with E-state index in [0.29, 0.717) is 12.5 Å². The van der Waals surface area contributed by atoms with E-state index in [2.05, 4.69) is 24.5 Å². The van der Waals surface area contributed by atoms with Crippen molar-refractivity contribution < 1.29 is 44.3 Å². The molecule has 0 bridgehead atoms. The van der Waals surface area contributed by atoms with E-state index in [9.17, 15) is 14.7 Å². The largest absolute Gasteiger partial charge is 1.00 e. The zero-order chi connectivity index (χ0) is 12.4. The van der Waals surface area contributed by atoms with Gasteiger partial charge in [0.1, 0.15) is 0 Å². The summed E-state index contributed by atoms with van der Waals surface area (Å²) in [6.45, 7) is 4.96. The number of carboxylic acid groups (broad SMARTS) is 1. The summed E-state index contributed by atoms with van der Waals surface area (Å²) in [6.07, 6.45) is 3.08. The van der Waals surface area contributed by atoms with Gasteiger partial charge in [0.15, 0.2) is 0 Å². The van der Waals surface area contributed by atoms with Crippen molar-refractivity contribution in [2.45, 2.75) is 39.5 Å². The predicted molar refractivity (Wildman–Crippen MR) is 59.7 cm³/mol. The molecule has 0 saturated heterocycles. The van der Waals surface area contributed by atoms with Crippen LogP contribution in [0, 0.1) is 5.92 Å². The van der Waals surface area contributed by atoms with E-state index in [1.54, 1.807) is 0 Å². The summed E-state index contributed by atoms with van der Waals surface area (Å²) < 4.78 is 0. The van der Waals surface area contributed by atoms with Crippen molar-refractivity contribution in [1.29, 1.82) is 0 Å². The molecule has 0 radical (unpaired) electrons. The van der Waals surface area contributed by atoms with Crippen LogP contribution in [0.3, 0.4) is 0 Å². The van der Waals surface area contributed by atoms with Crippen LogP contribution < -0.4 is 45.3 Å². The zero-order valence-electron chi connectivity index (χ0n) is 11.0. The van der Waals surface area contributed by atoms with Crippen molar-refractivity contribution in [2.75, 3.05) is 13.1 Å². The number of carbonyl (C=O) groups is 2. The van der Waals surface area contributed by atoms with E-state index < -0.39 is 5.97 Å². The molecule has 0 aliphatic rings. The predicted octanol–water partition coefficient (Wildman–Crippen LogP) is -2.74. The Labute approximate surface area is 125 Å². The molecule has 6 heteroatoms. The van der Waals surface area contributed by atoms with Crippen LogP contribution >= 0.6 is 0 Å². The van der Waals surface area contributed by atoms with E-state index in [4.69, 9.17) is 0 Å². The first-order valence-corrected chi connectivity index (χ1v) is 5.81. The second-order valence-electron chi connectivity index (χ2n) is 3.82. The van der Waals surface area contributed by atoms with E-state index in [-0.39, 0.29) is 48.6 Å². The number of carboxylic acids is 1. The summed E-state index contributed by atoms with van der Waals surface area (Å²) in [5.41, 5.74) is 0. The summed E-state index contributed by atoms with van der Waals surface area (Å²) in [6, 6.07) is -0.309. The second kappa shape index (κ2) is 12.2. The van der Waals surface area contributed by atoms with Gasteiger partial charge in [0.2, 0.25) is 0 Å². The molecule has 0 heterocycles. The van der Waals surface area contributed by atoms with Gasteiger partial charge in [-0.25, -0.2) is 4.79 Å². The Morgan fingerprint density at radius 1 is 1.24 bits per heavy atom. The molecule has 0 aliphatic heterocycles. The van der Waals surface area contributed by atoms with Crippen LogP contribution in [0.1, 0.15) is 39.5 Å². The molecule has 0 aromatic carbocycles. The standard InChI is InChI=1S/C11H22N2O3.Na/c1-3-5-9(4-2)8-13-11(16)12-7-6-10(14)15;/h9H,3-8H2,1-2H3,(H,14,15)(H2,12,13,16);/q;+1/p-1. The third-order valence-corrected chi connectivity index (χ3v) is 2.44. The average molecular weight is 252 g/mol. The van der Waals surface area contributed by atoms with Crippen molar-refractivity contribution in [2.24, 2.45) is 5.92 Å². The average Bonchev–Trinajstić information content (AvgIpc) is 2.23. The molecule has 94 valence electrons. The van der Waals surface area contributed by atoms with Gasteiger partial charge in [-0.3, -0.25) is 0 Å². The van der Waals surface area contributed by atoms with E-state index in [1.807, 2.05) is 0 Å². The van der Waals surface area contributed by atoms with E-state index in [0.717, 1.165) is 19.3 Å². The second-order valence-corrected chi connectivity index (χ2v) is 3.82. The van der Waals surface area contributed by atoms with Crippen LogP contribution in [0.2, 0.25) is 0 Å².